The number of hydrogen-bond donors (Lipinski definition) is 1. The SMILES string of the molecule is Cc1ccccc1NC(=O)c1cc2ccccc2cc1OCC(=O)N1CCN(C(=O)c2ccco2)CC1. The number of carbonyl (C=O) groups excluding carboxylic acids is 3. The van der Waals surface area contributed by atoms with Crippen molar-refractivity contribution in [3.8, 4) is 5.75 Å². The van der Waals surface area contributed by atoms with E-state index in [9.17, 15) is 14.4 Å². The second-order valence-corrected chi connectivity index (χ2v) is 8.90. The highest BCUT2D eigenvalue weighted by atomic mass is 16.5. The minimum Gasteiger partial charge on any atom is -0.483 e. The number of hydrogen-bond acceptors (Lipinski definition) is 5. The summed E-state index contributed by atoms with van der Waals surface area (Å²) in [7, 11) is 0. The van der Waals surface area contributed by atoms with Gasteiger partial charge in [-0.25, -0.2) is 0 Å². The van der Waals surface area contributed by atoms with Gasteiger partial charge in [0.25, 0.3) is 17.7 Å². The minimum absolute atomic E-state index is 0.186. The van der Waals surface area contributed by atoms with E-state index in [0.29, 0.717) is 43.2 Å². The third-order valence-electron chi connectivity index (χ3n) is 6.49. The summed E-state index contributed by atoms with van der Waals surface area (Å²) in [4.78, 5) is 42.0. The maximum atomic E-state index is 13.2. The Kier molecular flexibility index (Phi) is 6.89. The lowest BCUT2D eigenvalue weighted by molar-refractivity contribution is -0.134. The van der Waals surface area contributed by atoms with Gasteiger partial charge in [0.2, 0.25) is 0 Å². The van der Waals surface area contributed by atoms with Crippen molar-refractivity contribution < 1.29 is 23.5 Å². The number of rotatable bonds is 6. The van der Waals surface area contributed by atoms with E-state index in [1.54, 1.807) is 34.1 Å². The topological polar surface area (TPSA) is 92.1 Å². The third-order valence-corrected chi connectivity index (χ3v) is 6.49. The van der Waals surface area contributed by atoms with E-state index < -0.39 is 0 Å². The largest absolute Gasteiger partial charge is 0.483 e. The van der Waals surface area contributed by atoms with E-state index in [0.717, 1.165) is 16.3 Å². The highest BCUT2D eigenvalue weighted by Crippen LogP contribution is 2.28. The van der Waals surface area contributed by atoms with Gasteiger partial charge in [0.1, 0.15) is 5.75 Å². The molecule has 1 saturated heterocycles. The van der Waals surface area contributed by atoms with Gasteiger partial charge in [-0.15, -0.1) is 0 Å². The highest BCUT2D eigenvalue weighted by Gasteiger charge is 2.26. The first-order chi connectivity index (χ1) is 18.0. The van der Waals surface area contributed by atoms with Crippen LogP contribution in [0.2, 0.25) is 0 Å². The first kappa shape index (κ1) is 24.1. The maximum absolute atomic E-state index is 13.2. The molecule has 1 aliphatic heterocycles. The number of benzene rings is 3. The fourth-order valence-corrected chi connectivity index (χ4v) is 4.36. The number of piperazine rings is 1. The van der Waals surface area contributed by atoms with Gasteiger partial charge in [0.15, 0.2) is 12.4 Å². The van der Waals surface area contributed by atoms with Gasteiger partial charge >= 0.3 is 0 Å². The zero-order chi connectivity index (χ0) is 25.8. The summed E-state index contributed by atoms with van der Waals surface area (Å²) in [6.07, 6.45) is 1.46. The molecule has 37 heavy (non-hydrogen) atoms. The van der Waals surface area contributed by atoms with Crippen LogP contribution in [0.15, 0.2) is 83.5 Å². The van der Waals surface area contributed by atoms with Crippen LogP contribution < -0.4 is 10.1 Å². The number of nitrogens with one attached hydrogen (secondary N) is 1. The summed E-state index contributed by atoms with van der Waals surface area (Å²) in [6.45, 7) is 3.32. The molecule has 0 atom stereocenters. The molecule has 8 nitrogen and oxygen atoms in total. The van der Waals surface area contributed by atoms with Gasteiger partial charge in [0, 0.05) is 31.9 Å². The summed E-state index contributed by atoms with van der Waals surface area (Å²) in [5.74, 6) is -0.0782. The Morgan fingerprint density at radius 1 is 0.865 bits per heavy atom. The average Bonchev–Trinajstić information content (AvgIpc) is 3.47. The van der Waals surface area contributed by atoms with Crippen LogP contribution in [-0.2, 0) is 4.79 Å². The summed E-state index contributed by atoms with van der Waals surface area (Å²) in [5.41, 5.74) is 2.01. The molecule has 1 aromatic heterocycles. The van der Waals surface area contributed by atoms with Crippen LogP contribution in [0.25, 0.3) is 10.8 Å². The number of carbonyl (C=O) groups is 3. The lowest BCUT2D eigenvalue weighted by atomic mass is 10.0. The van der Waals surface area contributed by atoms with Crippen molar-refractivity contribution in [2.75, 3.05) is 38.1 Å². The smallest absolute Gasteiger partial charge is 0.289 e. The zero-order valence-corrected chi connectivity index (χ0v) is 20.5. The van der Waals surface area contributed by atoms with Crippen molar-refractivity contribution in [1.82, 2.24) is 9.80 Å². The van der Waals surface area contributed by atoms with Crippen molar-refractivity contribution in [3.63, 3.8) is 0 Å². The van der Waals surface area contributed by atoms with Crippen LogP contribution >= 0.6 is 0 Å². The molecule has 2 heterocycles. The molecule has 8 heteroatoms. The Bertz CT molecular complexity index is 1440. The summed E-state index contributed by atoms with van der Waals surface area (Å²) >= 11 is 0. The normalized spacial score (nSPS) is 13.4. The van der Waals surface area contributed by atoms with Crippen molar-refractivity contribution in [2.24, 2.45) is 0 Å². The molecule has 4 aromatic rings. The van der Waals surface area contributed by atoms with E-state index in [1.807, 2.05) is 55.5 Å². The molecular weight excluding hydrogens is 470 g/mol. The molecule has 5 rings (SSSR count). The van der Waals surface area contributed by atoms with Crippen LogP contribution in [0.1, 0.15) is 26.5 Å². The molecule has 0 saturated carbocycles. The molecule has 0 unspecified atom stereocenters. The van der Waals surface area contributed by atoms with E-state index in [2.05, 4.69) is 5.32 Å². The van der Waals surface area contributed by atoms with Gasteiger partial charge in [0.05, 0.1) is 11.8 Å². The van der Waals surface area contributed by atoms with E-state index >= 15 is 0 Å². The predicted octanol–water partition coefficient (Wildman–Crippen LogP) is 4.36. The van der Waals surface area contributed by atoms with Gasteiger partial charge in [-0.3, -0.25) is 14.4 Å². The first-order valence-corrected chi connectivity index (χ1v) is 12.1. The zero-order valence-electron chi connectivity index (χ0n) is 20.5. The fraction of sp³-hybridized carbons (Fsp3) is 0.207. The molecule has 3 aromatic carbocycles. The van der Waals surface area contributed by atoms with Gasteiger partial charge in [-0.05, 0) is 53.6 Å². The molecule has 188 valence electrons. The first-order valence-electron chi connectivity index (χ1n) is 12.1. The molecule has 0 spiro atoms. The summed E-state index contributed by atoms with van der Waals surface area (Å²) < 4.78 is 11.1. The highest BCUT2D eigenvalue weighted by molar-refractivity contribution is 6.09. The summed E-state index contributed by atoms with van der Waals surface area (Å²) in [6, 6.07) is 22.1. The predicted molar refractivity (Wildman–Crippen MR) is 140 cm³/mol. The Hall–Kier alpha value is -4.59. The minimum atomic E-state index is -0.312. The third kappa shape index (κ3) is 5.33. The second-order valence-electron chi connectivity index (χ2n) is 8.90. The molecule has 1 fully saturated rings. The lowest BCUT2D eigenvalue weighted by Crippen LogP contribution is -2.51. The molecular formula is C29H27N3O5. The van der Waals surface area contributed by atoms with E-state index in [-0.39, 0.29) is 30.1 Å². The maximum Gasteiger partial charge on any atom is 0.289 e. The van der Waals surface area contributed by atoms with E-state index in [1.165, 1.54) is 6.26 Å². The summed E-state index contributed by atoms with van der Waals surface area (Å²) in [5, 5.41) is 4.75. The Morgan fingerprint density at radius 2 is 1.54 bits per heavy atom. The van der Waals surface area contributed by atoms with Crippen molar-refractivity contribution in [1.29, 1.82) is 0 Å². The fourth-order valence-electron chi connectivity index (χ4n) is 4.36. The van der Waals surface area contributed by atoms with Crippen LogP contribution in [-0.4, -0.2) is 60.3 Å². The molecule has 1 aliphatic rings. The molecule has 0 bridgehead atoms. The van der Waals surface area contributed by atoms with Crippen molar-refractivity contribution >= 4 is 34.2 Å². The Balaban J connectivity index is 1.27. The number of aryl methyl sites for hydroxylation is 1. The van der Waals surface area contributed by atoms with Crippen LogP contribution in [0.4, 0.5) is 5.69 Å². The average molecular weight is 498 g/mol. The van der Waals surface area contributed by atoms with Crippen LogP contribution in [0.5, 0.6) is 5.75 Å². The molecule has 1 N–H and O–H groups in total. The lowest BCUT2D eigenvalue weighted by Gasteiger charge is -2.34. The standard InChI is InChI=1S/C29H27N3O5/c1-20-7-2-5-10-24(20)30-28(34)23-17-21-8-3-4-9-22(21)18-26(23)37-19-27(33)31-12-14-32(15-13-31)29(35)25-11-6-16-36-25/h2-11,16-18H,12-15,19H2,1H3,(H,30,34). The number of anilines is 1. The molecule has 3 amide bonds. The van der Waals surface area contributed by atoms with Crippen molar-refractivity contribution in [3.05, 3.63) is 95.9 Å². The molecule has 0 aliphatic carbocycles. The second kappa shape index (κ2) is 10.6. The quantitative estimate of drug-likeness (QED) is 0.428. The van der Waals surface area contributed by atoms with Gasteiger partial charge in [-0.1, -0.05) is 42.5 Å². The number of amides is 3. The van der Waals surface area contributed by atoms with E-state index in [4.69, 9.17) is 9.15 Å². The van der Waals surface area contributed by atoms with Crippen LogP contribution in [0.3, 0.4) is 0 Å². The number of ether oxygens (including phenoxy) is 1. The number of furan rings is 1. The Labute approximate surface area is 214 Å². The van der Waals surface area contributed by atoms with Crippen molar-refractivity contribution in [2.45, 2.75) is 6.92 Å². The number of para-hydroxylation sites is 1. The monoisotopic (exact) mass is 497 g/mol. The van der Waals surface area contributed by atoms with Gasteiger partial charge in [-0.2, -0.15) is 0 Å². The van der Waals surface area contributed by atoms with Crippen LogP contribution in [0, 0.1) is 6.92 Å². The van der Waals surface area contributed by atoms with Gasteiger partial charge < -0.3 is 24.3 Å². The molecule has 0 radical (unpaired) electrons. The Morgan fingerprint density at radius 3 is 2.24 bits per heavy atom. The number of fused-ring (bicyclic) bond motifs is 1. The number of nitrogens with zero attached hydrogens (tertiary/aromatic N) is 2.